The standard InChI is InChI=1S/C23H14Cl2FNO3/c24-19-10-15(9-17(12-27)18-3-1-2-4-21(18)26)11-20(25)22(19)30-13-14-5-7-16(8-6-14)23(28)29/h1-11H,13H2,(H,28,29). The van der Waals surface area contributed by atoms with Crippen LogP contribution in [0.1, 0.15) is 27.0 Å². The fourth-order valence-corrected chi connectivity index (χ4v) is 3.33. The van der Waals surface area contributed by atoms with Crippen LogP contribution in [-0.4, -0.2) is 11.1 Å². The van der Waals surface area contributed by atoms with Gasteiger partial charge in [0.1, 0.15) is 12.4 Å². The number of hydrogen-bond donors (Lipinski definition) is 1. The second-order valence-corrected chi connectivity index (χ2v) is 7.07. The van der Waals surface area contributed by atoms with Gasteiger partial charge < -0.3 is 9.84 Å². The molecule has 0 aliphatic carbocycles. The monoisotopic (exact) mass is 441 g/mol. The zero-order valence-corrected chi connectivity index (χ0v) is 16.9. The second-order valence-electron chi connectivity index (χ2n) is 6.25. The predicted octanol–water partition coefficient (Wildman–Crippen LogP) is 6.47. The third-order valence-electron chi connectivity index (χ3n) is 4.20. The molecule has 0 aliphatic heterocycles. The van der Waals surface area contributed by atoms with Crippen LogP contribution in [0.2, 0.25) is 10.0 Å². The van der Waals surface area contributed by atoms with E-state index in [1.807, 2.05) is 6.07 Å². The average Bonchev–Trinajstić information content (AvgIpc) is 2.72. The van der Waals surface area contributed by atoms with Crippen LogP contribution in [-0.2, 0) is 6.61 Å². The number of hydrogen-bond acceptors (Lipinski definition) is 3. The molecule has 30 heavy (non-hydrogen) atoms. The Bertz CT molecular complexity index is 1140. The lowest BCUT2D eigenvalue weighted by molar-refractivity contribution is 0.0697. The van der Waals surface area contributed by atoms with Crippen molar-refractivity contribution in [2.75, 3.05) is 0 Å². The van der Waals surface area contributed by atoms with Crippen LogP contribution >= 0.6 is 23.2 Å². The molecular weight excluding hydrogens is 428 g/mol. The summed E-state index contributed by atoms with van der Waals surface area (Å²) in [6, 6.07) is 17.3. The summed E-state index contributed by atoms with van der Waals surface area (Å²) in [7, 11) is 0. The first kappa shape index (κ1) is 21.4. The maximum Gasteiger partial charge on any atom is 0.335 e. The maximum absolute atomic E-state index is 14.0. The molecule has 3 rings (SSSR count). The van der Waals surface area contributed by atoms with E-state index in [0.29, 0.717) is 5.56 Å². The molecule has 3 aromatic carbocycles. The summed E-state index contributed by atoms with van der Waals surface area (Å²) in [6.45, 7) is 0.132. The van der Waals surface area contributed by atoms with E-state index in [1.165, 1.54) is 30.3 Å². The van der Waals surface area contributed by atoms with Crippen LogP contribution < -0.4 is 4.74 Å². The Hall–Kier alpha value is -3.33. The molecule has 4 nitrogen and oxygen atoms in total. The van der Waals surface area contributed by atoms with Crippen LogP contribution in [0, 0.1) is 17.1 Å². The molecule has 3 aromatic rings. The summed E-state index contributed by atoms with van der Waals surface area (Å²) in [5, 5.41) is 18.8. The second kappa shape index (κ2) is 9.45. The third-order valence-corrected chi connectivity index (χ3v) is 4.76. The van der Waals surface area contributed by atoms with Crippen LogP contribution in [0.5, 0.6) is 5.75 Å². The quantitative estimate of drug-likeness (QED) is 0.351. The minimum absolute atomic E-state index is 0.132. The van der Waals surface area contributed by atoms with Crippen LogP contribution in [0.4, 0.5) is 4.39 Å². The number of allylic oxidation sites excluding steroid dienone is 1. The number of rotatable bonds is 6. The molecule has 0 saturated carbocycles. The molecule has 0 spiro atoms. The number of nitriles is 1. The molecule has 0 atom stereocenters. The summed E-state index contributed by atoms with van der Waals surface area (Å²) < 4.78 is 19.7. The number of benzene rings is 3. The van der Waals surface area contributed by atoms with E-state index in [1.54, 1.807) is 36.4 Å². The van der Waals surface area contributed by atoms with E-state index in [-0.39, 0.29) is 39.1 Å². The van der Waals surface area contributed by atoms with Gasteiger partial charge in [0.05, 0.1) is 27.3 Å². The molecule has 0 saturated heterocycles. The molecule has 0 radical (unpaired) electrons. The smallest absolute Gasteiger partial charge is 0.335 e. The van der Waals surface area contributed by atoms with Crippen molar-refractivity contribution in [2.45, 2.75) is 6.61 Å². The fraction of sp³-hybridized carbons (Fsp3) is 0.0435. The molecule has 0 heterocycles. The van der Waals surface area contributed by atoms with Crippen molar-refractivity contribution in [3.8, 4) is 11.8 Å². The highest BCUT2D eigenvalue weighted by atomic mass is 35.5. The van der Waals surface area contributed by atoms with Crippen molar-refractivity contribution in [2.24, 2.45) is 0 Å². The average molecular weight is 442 g/mol. The summed E-state index contributed by atoms with van der Waals surface area (Å²) in [5.41, 5.74) is 1.74. The molecule has 0 aromatic heterocycles. The van der Waals surface area contributed by atoms with E-state index in [4.69, 9.17) is 33.0 Å². The van der Waals surface area contributed by atoms with Gasteiger partial charge in [-0.2, -0.15) is 5.26 Å². The van der Waals surface area contributed by atoms with Gasteiger partial charge in [-0.3, -0.25) is 0 Å². The molecule has 7 heteroatoms. The summed E-state index contributed by atoms with van der Waals surface area (Å²) in [4.78, 5) is 10.9. The van der Waals surface area contributed by atoms with E-state index in [0.717, 1.165) is 5.56 Å². The van der Waals surface area contributed by atoms with Gasteiger partial charge in [-0.05, 0) is 47.5 Å². The van der Waals surface area contributed by atoms with Gasteiger partial charge in [0.2, 0.25) is 0 Å². The number of carbonyl (C=O) groups is 1. The minimum atomic E-state index is -1.01. The Morgan fingerprint density at radius 2 is 1.73 bits per heavy atom. The van der Waals surface area contributed by atoms with Gasteiger partial charge in [0.25, 0.3) is 0 Å². The van der Waals surface area contributed by atoms with Gasteiger partial charge in [-0.25, -0.2) is 9.18 Å². The van der Waals surface area contributed by atoms with Crippen molar-refractivity contribution in [3.05, 3.63) is 98.8 Å². The minimum Gasteiger partial charge on any atom is -0.486 e. The highest BCUT2D eigenvalue weighted by molar-refractivity contribution is 6.37. The number of carboxylic acids is 1. The summed E-state index contributed by atoms with van der Waals surface area (Å²) in [6.07, 6.45) is 1.49. The van der Waals surface area contributed by atoms with Gasteiger partial charge in [-0.1, -0.05) is 53.5 Å². The molecule has 1 N–H and O–H groups in total. The lowest BCUT2D eigenvalue weighted by Crippen LogP contribution is -1.99. The topological polar surface area (TPSA) is 70.3 Å². The van der Waals surface area contributed by atoms with Gasteiger partial charge in [-0.15, -0.1) is 0 Å². The Morgan fingerprint density at radius 1 is 1.10 bits per heavy atom. The van der Waals surface area contributed by atoms with Crippen LogP contribution in [0.25, 0.3) is 11.6 Å². The maximum atomic E-state index is 14.0. The van der Waals surface area contributed by atoms with Gasteiger partial charge in [0.15, 0.2) is 5.75 Å². The fourth-order valence-electron chi connectivity index (χ4n) is 2.72. The summed E-state index contributed by atoms with van der Waals surface area (Å²) >= 11 is 12.6. The van der Waals surface area contributed by atoms with Gasteiger partial charge >= 0.3 is 5.97 Å². The van der Waals surface area contributed by atoms with E-state index >= 15 is 0 Å². The molecule has 0 amide bonds. The Morgan fingerprint density at radius 3 is 2.30 bits per heavy atom. The number of aromatic carboxylic acids is 1. The lowest BCUT2D eigenvalue weighted by Gasteiger charge is -2.11. The zero-order valence-electron chi connectivity index (χ0n) is 15.4. The number of nitrogens with zero attached hydrogens (tertiary/aromatic N) is 1. The lowest BCUT2D eigenvalue weighted by atomic mass is 10.0. The number of halogens is 3. The Labute approximate surface area is 182 Å². The van der Waals surface area contributed by atoms with Crippen LogP contribution in [0.15, 0.2) is 60.7 Å². The molecular formula is C23H14Cl2FNO3. The van der Waals surface area contributed by atoms with Gasteiger partial charge in [0, 0.05) is 5.56 Å². The van der Waals surface area contributed by atoms with E-state index < -0.39 is 11.8 Å². The molecule has 0 unspecified atom stereocenters. The number of carboxylic acid groups (broad SMARTS) is 1. The molecule has 150 valence electrons. The van der Waals surface area contributed by atoms with Crippen molar-refractivity contribution in [1.82, 2.24) is 0 Å². The Kier molecular flexibility index (Phi) is 6.73. The highest BCUT2D eigenvalue weighted by Crippen LogP contribution is 2.36. The highest BCUT2D eigenvalue weighted by Gasteiger charge is 2.12. The first-order valence-electron chi connectivity index (χ1n) is 8.70. The molecule has 0 aliphatic rings. The summed E-state index contributed by atoms with van der Waals surface area (Å²) in [5.74, 6) is -1.26. The van der Waals surface area contributed by atoms with Crippen molar-refractivity contribution in [1.29, 1.82) is 5.26 Å². The third kappa shape index (κ3) is 4.98. The SMILES string of the molecule is N#CC(=Cc1cc(Cl)c(OCc2ccc(C(=O)O)cc2)c(Cl)c1)c1ccccc1F. The van der Waals surface area contributed by atoms with Crippen LogP contribution in [0.3, 0.4) is 0 Å². The Balaban J connectivity index is 1.82. The van der Waals surface area contributed by atoms with Crippen molar-refractivity contribution < 1.29 is 19.0 Å². The van der Waals surface area contributed by atoms with Crippen molar-refractivity contribution >= 4 is 40.8 Å². The van der Waals surface area contributed by atoms with Crippen molar-refractivity contribution in [3.63, 3.8) is 0 Å². The van der Waals surface area contributed by atoms with E-state index in [2.05, 4.69) is 0 Å². The predicted molar refractivity (Wildman–Crippen MR) is 114 cm³/mol. The van der Waals surface area contributed by atoms with E-state index in [9.17, 15) is 14.4 Å². The molecule has 0 bridgehead atoms. The zero-order chi connectivity index (χ0) is 21.7. The first-order chi connectivity index (χ1) is 14.4. The molecule has 0 fully saturated rings. The largest absolute Gasteiger partial charge is 0.486 e. The number of ether oxygens (including phenoxy) is 1. The first-order valence-corrected chi connectivity index (χ1v) is 9.45. The normalized spacial score (nSPS) is 11.1.